The number of aryl methyl sites for hydroxylation is 1. The van der Waals surface area contributed by atoms with Crippen molar-refractivity contribution in [1.82, 2.24) is 9.78 Å². The fraction of sp³-hybridized carbons (Fsp3) is 0.125. The van der Waals surface area contributed by atoms with E-state index in [1.807, 2.05) is 25.2 Å². The van der Waals surface area contributed by atoms with Crippen molar-refractivity contribution in [1.29, 1.82) is 0 Å². The maximum Gasteiger partial charge on any atom is 0.129 e. The Hall–Kier alpha value is -1.71. The van der Waals surface area contributed by atoms with E-state index in [0.717, 1.165) is 10.9 Å². The van der Waals surface area contributed by atoms with Crippen LogP contribution in [-0.2, 0) is 7.05 Å². The molecule has 0 radical (unpaired) electrons. The van der Waals surface area contributed by atoms with E-state index in [4.69, 9.17) is 11.5 Å². The third-order valence-electron chi connectivity index (χ3n) is 1.90. The minimum Gasteiger partial charge on any atom is -0.399 e. The van der Waals surface area contributed by atoms with E-state index in [1.54, 1.807) is 4.68 Å². The zero-order valence-electron chi connectivity index (χ0n) is 6.78. The lowest BCUT2D eigenvalue weighted by molar-refractivity contribution is 0.791. The average molecular weight is 162 g/mol. The smallest absolute Gasteiger partial charge is 0.129 e. The summed E-state index contributed by atoms with van der Waals surface area (Å²) in [6, 6.07) is 5.51. The molecular weight excluding hydrogens is 152 g/mol. The third kappa shape index (κ3) is 0.812. The summed E-state index contributed by atoms with van der Waals surface area (Å²) in [5, 5.41) is 5.10. The molecule has 0 aliphatic carbocycles. The predicted molar refractivity (Wildman–Crippen MR) is 49.5 cm³/mol. The normalized spacial score (nSPS) is 10.8. The van der Waals surface area contributed by atoms with Crippen LogP contribution in [0.4, 0.5) is 11.5 Å². The largest absolute Gasteiger partial charge is 0.399 e. The van der Waals surface area contributed by atoms with E-state index >= 15 is 0 Å². The van der Waals surface area contributed by atoms with Gasteiger partial charge in [-0.1, -0.05) is 0 Å². The van der Waals surface area contributed by atoms with Crippen LogP contribution in [-0.4, -0.2) is 9.78 Å². The molecule has 1 heterocycles. The highest BCUT2D eigenvalue weighted by molar-refractivity contribution is 5.91. The predicted octanol–water partition coefficient (Wildman–Crippen LogP) is 0.738. The molecule has 0 aliphatic heterocycles. The van der Waals surface area contributed by atoms with Gasteiger partial charge in [0.25, 0.3) is 0 Å². The molecule has 0 bridgehead atoms. The molecular formula is C8H10N4. The SMILES string of the molecule is Cn1nc2ccc(N)cc2c1N. The van der Waals surface area contributed by atoms with Crippen LogP contribution in [0.2, 0.25) is 0 Å². The molecule has 1 aromatic heterocycles. The molecule has 2 aromatic rings. The first-order valence-corrected chi connectivity index (χ1v) is 3.66. The molecule has 0 spiro atoms. The van der Waals surface area contributed by atoms with Crippen LogP contribution >= 0.6 is 0 Å². The zero-order chi connectivity index (χ0) is 8.72. The Bertz CT molecular complexity index is 430. The first kappa shape index (κ1) is 6.97. The summed E-state index contributed by atoms with van der Waals surface area (Å²) in [4.78, 5) is 0. The van der Waals surface area contributed by atoms with Gasteiger partial charge >= 0.3 is 0 Å². The standard InChI is InChI=1S/C8H10N4/c1-12-8(10)6-4-5(9)2-3-7(6)11-12/h2-4H,9-10H2,1H3. The van der Waals surface area contributed by atoms with Crippen molar-refractivity contribution in [2.45, 2.75) is 0 Å². The number of nitrogen functional groups attached to an aromatic ring is 2. The van der Waals surface area contributed by atoms with Crippen LogP contribution in [0.15, 0.2) is 18.2 Å². The summed E-state index contributed by atoms with van der Waals surface area (Å²) >= 11 is 0. The van der Waals surface area contributed by atoms with E-state index in [1.165, 1.54) is 0 Å². The van der Waals surface area contributed by atoms with Gasteiger partial charge in [-0.15, -0.1) is 0 Å². The van der Waals surface area contributed by atoms with Gasteiger partial charge in [0, 0.05) is 18.1 Å². The Labute approximate surface area is 69.8 Å². The van der Waals surface area contributed by atoms with Crippen LogP contribution in [0, 0.1) is 0 Å². The third-order valence-corrected chi connectivity index (χ3v) is 1.90. The van der Waals surface area contributed by atoms with Gasteiger partial charge in [0.05, 0.1) is 5.52 Å². The summed E-state index contributed by atoms with van der Waals surface area (Å²) < 4.78 is 1.64. The van der Waals surface area contributed by atoms with Crippen molar-refractivity contribution in [2.24, 2.45) is 7.05 Å². The van der Waals surface area contributed by atoms with Crippen molar-refractivity contribution < 1.29 is 0 Å². The zero-order valence-corrected chi connectivity index (χ0v) is 6.78. The topological polar surface area (TPSA) is 69.9 Å². The molecule has 0 amide bonds. The Morgan fingerprint density at radius 2 is 2.08 bits per heavy atom. The number of hydrogen-bond donors (Lipinski definition) is 2. The van der Waals surface area contributed by atoms with Gasteiger partial charge in [0.15, 0.2) is 0 Å². The van der Waals surface area contributed by atoms with Gasteiger partial charge in [0.1, 0.15) is 5.82 Å². The summed E-state index contributed by atoms with van der Waals surface area (Å²) in [5.41, 5.74) is 13.0. The van der Waals surface area contributed by atoms with Crippen molar-refractivity contribution in [3.8, 4) is 0 Å². The maximum absolute atomic E-state index is 5.75. The number of nitrogens with two attached hydrogens (primary N) is 2. The molecule has 4 N–H and O–H groups in total. The van der Waals surface area contributed by atoms with Crippen LogP contribution in [0.3, 0.4) is 0 Å². The highest BCUT2D eigenvalue weighted by Gasteiger charge is 2.04. The summed E-state index contributed by atoms with van der Waals surface area (Å²) in [6.07, 6.45) is 0. The van der Waals surface area contributed by atoms with Gasteiger partial charge in [-0.05, 0) is 18.2 Å². The van der Waals surface area contributed by atoms with Gasteiger partial charge in [-0.25, -0.2) is 0 Å². The van der Waals surface area contributed by atoms with E-state index in [9.17, 15) is 0 Å². The van der Waals surface area contributed by atoms with Crippen molar-refractivity contribution in [2.75, 3.05) is 11.5 Å². The highest BCUT2D eigenvalue weighted by Crippen LogP contribution is 2.21. The van der Waals surface area contributed by atoms with Crippen LogP contribution in [0.1, 0.15) is 0 Å². The minimum absolute atomic E-state index is 0.650. The number of fused-ring (bicyclic) bond motifs is 1. The second-order valence-electron chi connectivity index (χ2n) is 2.79. The van der Waals surface area contributed by atoms with E-state index in [2.05, 4.69) is 5.10 Å². The molecule has 2 rings (SSSR count). The van der Waals surface area contributed by atoms with Crippen LogP contribution in [0.25, 0.3) is 10.9 Å². The number of anilines is 2. The average Bonchev–Trinajstić information content (AvgIpc) is 2.31. The molecule has 0 atom stereocenters. The van der Waals surface area contributed by atoms with Gasteiger partial charge in [0.2, 0.25) is 0 Å². The molecule has 4 heteroatoms. The molecule has 0 saturated heterocycles. The molecule has 12 heavy (non-hydrogen) atoms. The molecule has 0 saturated carbocycles. The number of rotatable bonds is 0. The minimum atomic E-state index is 0.650. The number of benzene rings is 1. The van der Waals surface area contributed by atoms with E-state index in [0.29, 0.717) is 11.5 Å². The Morgan fingerprint density at radius 3 is 2.83 bits per heavy atom. The second kappa shape index (κ2) is 2.14. The van der Waals surface area contributed by atoms with Gasteiger partial charge in [-0.2, -0.15) is 5.10 Å². The lowest BCUT2D eigenvalue weighted by Crippen LogP contribution is -1.96. The Balaban J connectivity index is 2.88. The monoisotopic (exact) mass is 162 g/mol. The Morgan fingerprint density at radius 1 is 1.33 bits per heavy atom. The molecule has 0 unspecified atom stereocenters. The fourth-order valence-corrected chi connectivity index (χ4v) is 1.24. The number of nitrogens with zero attached hydrogens (tertiary/aromatic N) is 2. The summed E-state index contributed by atoms with van der Waals surface area (Å²) in [6.45, 7) is 0. The molecule has 0 fully saturated rings. The molecule has 62 valence electrons. The van der Waals surface area contributed by atoms with Crippen LogP contribution in [0.5, 0.6) is 0 Å². The lowest BCUT2D eigenvalue weighted by Gasteiger charge is -1.93. The number of hydrogen-bond acceptors (Lipinski definition) is 3. The maximum atomic E-state index is 5.75. The first-order valence-electron chi connectivity index (χ1n) is 3.66. The van der Waals surface area contributed by atoms with Crippen molar-refractivity contribution in [3.05, 3.63) is 18.2 Å². The second-order valence-corrected chi connectivity index (χ2v) is 2.79. The molecule has 4 nitrogen and oxygen atoms in total. The lowest BCUT2D eigenvalue weighted by atomic mass is 10.2. The molecule has 1 aromatic carbocycles. The van der Waals surface area contributed by atoms with Gasteiger partial charge in [-0.3, -0.25) is 4.68 Å². The van der Waals surface area contributed by atoms with Crippen molar-refractivity contribution >= 4 is 22.4 Å². The summed E-state index contributed by atoms with van der Waals surface area (Å²) in [5.74, 6) is 0.650. The van der Waals surface area contributed by atoms with Crippen LogP contribution < -0.4 is 11.5 Å². The molecule has 0 aliphatic rings. The fourth-order valence-electron chi connectivity index (χ4n) is 1.24. The first-order chi connectivity index (χ1) is 5.68. The Kier molecular flexibility index (Phi) is 1.24. The van der Waals surface area contributed by atoms with E-state index < -0.39 is 0 Å². The van der Waals surface area contributed by atoms with E-state index in [-0.39, 0.29) is 0 Å². The van der Waals surface area contributed by atoms with Gasteiger partial charge < -0.3 is 11.5 Å². The highest BCUT2D eigenvalue weighted by atomic mass is 15.3. The quantitative estimate of drug-likeness (QED) is 0.561. The number of aromatic nitrogens is 2. The summed E-state index contributed by atoms with van der Waals surface area (Å²) in [7, 11) is 1.81. The van der Waals surface area contributed by atoms with Crippen molar-refractivity contribution in [3.63, 3.8) is 0 Å².